The fourth-order valence-corrected chi connectivity index (χ4v) is 2.48. The first-order chi connectivity index (χ1) is 9.48. The molecule has 0 fully saturated rings. The molecule has 3 nitrogen and oxygen atoms in total. The van der Waals surface area contributed by atoms with Gasteiger partial charge in [0.05, 0.1) is 5.92 Å². The number of carboxylic acid groups (broad SMARTS) is 1. The summed E-state index contributed by atoms with van der Waals surface area (Å²) >= 11 is 0. The fourth-order valence-electron chi connectivity index (χ4n) is 2.48. The van der Waals surface area contributed by atoms with Crippen LogP contribution < -0.4 is 5.32 Å². The molecule has 112 valence electrons. The highest BCUT2D eigenvalue weighted by Gasteiger charge is 2.22. The third-order valence-electron chi connectivity index (χ3n) is 4.55. The Morgan fingerprint density at radius 2 is 1.65 bits per heavy atom. The van der Waals surface area contributed by atoms with E-state index in [1.807, 2.05) is 24.3 Å². The van der Waals surface area contributed by atoms with Crippen LogP contribution >= 0.6 is 0 Å². The highest BCUT2D eigenvalue weighted by molar-refractivity contribution is 5.75. The third-order valence-corrected chi connectivity index (χ3v) is 4.55. The molecule has 1 rings (SSSR count). The van der Waals surface area contributed by atoms with Gasteiger partial charge < -0.3 is 10.4 Å². The molecule has 1 unspecified atom stereocenters. The van der Waals surface area contributed by atoms with Gasteiger partial charge in [-0.3, -0.25) is 4.79 Å². The van der Waals surface area contributed by atoms with E-state index in [4.69, 9.17) is 5.11 Å². The first kappa shape index (κ1) is 16.7. The summed E-state index contributed by atoms with van der Waals surface area (Å²) in [6.45, 7) is 9.20. The Morgan fingerprint density at radius 3 is 2.05 bits per heavy atom. The van der Waals surface area contributed by atoms with E-state index in [0.717, 1.165) is 31.4 Å². The summed E-state index contributed by atoms with van der Waals surface area (Å²) in [4.78, 5) is 10.9. The number of hydrogen-bond acceptors (Lipinski definition) is 2. The first-order valence-electron chi connectivity index (χ1n) is 7.54. The van der Waals surface area contributed by atoms with Gasteiger partial charge in [0.15, 0.2) is 0 Å². The van der Waals surface area contributed by atoms with Crippen LogP contribution in [0, 0.1) is 0 Å². The van der Waals surface area contributed by atoms with Gasteiger partial charge in [0.25, 0.3) is 0 Å². The van der Waals surface area contributed by atoms with E-state index >= 15 is 0 Å². The van der Waals surface area contributed by atoms with Crippen molar-refractivity contribution in [3.05, 3.63) is 35.4 Å². The predicted octanol–water partition coefficient (Wildman–Crippen LogP) is 3.93. The zero-order valence-corrected chi connectivity index (χ0v) is 13.1. The van der Waals surface area contributed by atoms with Crippen LogP contribution in [-0.4, -0.2) is 16.6 Å². The van der Waals surface area contributed by atoms with Crippen LogP contribution in [0.4, 0.5) is 0 Å². The quantitative estimate of drug-likeness (QED) is 0.757. The number of hydrogen-bond donors (Lipinski definition) is 2. The van der Waals surface area contributed by atoms with E-state index in [0.29, 0.717) is 0 Å². The van der Waals surface area contributed by atoms with E-state index < -0.39 is 11.9 Å². The van der Waals surface area contributed by atoms with Crippen molar-refractivity contribution in [1.82, 2.24) is 5.32 Å². The van der Waals surface area contributed by atoms with E-state index in [1.165, 1.54) is 5.56 Å². The largest absolute Gasteiger partial charge is 0.481 e. The second kappa shape index (κ2) is 7.44. The molecule has 1 aromatic rings. The standard InChI is InChI=1S/C17H27NO2/c1-5-17(6-2,7-3)18-12-14-8-10-15(11-9-14)13(4)16(19)20/h8-11,13,18H,5-7,12H2,1-4H3,(H,19,20). The second-order valence-corrected chi connectivity index (χ2v) is 5.50. The summed E-state index contributed by atoms with van der Waals surface area (Å²) in [5.74, 6) is -1.23. The Hall–Kier alpha value is -1.35. The molecule has 0 aliphatic rings. The van der Waals surface area contributed by atoms with Gasteiger partial charge in [-0.05, 0) is 37.3 Å². The highest BCUT2D eigenvalue weighted by Crippen LogP contribution is 2.21. The smallest absolute Gasteiger partial charge is 0.310 e. The van der Waals surface area contributed by atoms with Crippen molar-refractivity contribution in [1.29, 1.82) is 0 Å². The van der Waals surface area contributed by atoms with E-state index in [-0.39, 0.29) is 5.54 Å². The van der Waals surface area contributed by atoms with Crippen molar-refractivity contribution in [2.45, 2.75) is 65.0 Å². The van der Waals surface area contributed by atoms with Crippen LogP contribution in [0.25, 0.3) is 0 Å². The summed E-state index contributed by atoms with van der Waals surface area (Å²) in [7, 11) is 0. The predicted molar refractivity (Wildman–Crippen MR) is 82.9 cm³/mol. The summed E-state index contributed by atoms with van der Waals surface area (Å²) in [5, 5.41) is 12.7. The minimum Gasteiger partial charge on any atom is -0.481 e. The highest BCUT2D eigenvalue weighted by atomic mass is 16.4. The van der Waals surface area contributed by atoms with E-state index in [2.05, 4.69) is 26.1 Å². The zero-order chi connectivity index (χ0) is 15.2. The van der Waals surface area contributed by atoms with Gasteiger partial charge in [0.2, 0.25) is 0 Å². The maximum Gasteiger partial charge on any atom is 0.310 e. The van der Waals surface area contributed by atoms with Crippen molar-refractivity contribution >= 4 is 5.97 Å². The van der Waals surface area contributed by atoms with Gasteiger partial charge in [-0.25, -0.2) is 0 Å². The summed E-state index contributed by atoms with van der Waals surface area (Å²) in [6, 6.07) is 7.88. The molecule has 0 saturated heterocycles. The molecule has 0 bridgehead atoms. The van der Waals surface area contributed by atoms with Gasteiger partial charge in [0.1, 0.15) is 0 Å². The van der Waals surface area contributed by atoms with Crippen molar-refractivity contribution in [2.24, 2.45) is 0 Å². The molecule has 0 aliphatic heterocycles. The van der Waals surface area contributed by atoms with Gasteiger partial charge in [-0.1, -0.05) is 45.0 Å². The van der Waals surface area contributed by atoms with Gasteiger partial charge in [-0.15, -0.1) is 0 Å². The molecule has 0 heterocycles. The molecule has 20 heavy (non-hydrogen) atoms. The van der Waals surface area contributed by atoms with Gasteiger partial charge in [-0.2, -0.15) is 0 Å². The Morgan fingerprint density at radius 1 is 1.15 bits per heavy atom. The van der Waals surface area contributed by atoms with Crippen LogP contribution in [0.3, 0.4) is 0 Å². The number of carboxylic acids is 1. The van der Waals surface area contributed by atoms with Crippen molar-refractivity contribution in [2.75, 3.05) is 0 Å². The maximum atomic E-state index is 10.9. The summed E-state index contributed by atoms with van der Waals surface area (Å²) in [6.07, 6.45) is 3.36. The molecule has 0 radical (unpaired) electrons. The molecule has 0 saturated carbocycles. The molecular weight excluding hydrogens is 250 g/mol. The topological polar surface area (TPSA) is 49.3 Å². The van der Waals surface area contributed by atoms with Crippen LogP contribution in [-0.2, 0) is 11.3 Å². The first-order valence-corrected chi connectivity index (χ1v) is 7.54. The van der Waals surface area contributed by atoms with Crippen LogP contribution in [0.5, 0.6) is 0 Å². The van der Waals surface area contributed by atoms with Crippen LogP contribution in [0.2, 0.25) is 0 Å². The molecule has 1 aromatic carbocycles. The normalized spacial score (nSPS) is 13.2. The maximum absolute atomic E-state index is 10.9. The Labute approximate surface area is 122 Å². The third kappa shape index (κ3) is 4.07. The summed E-state index contributed by atoms with van der Waals surface area (Å²) in [5.41, 5.74) is 2.27. The lowest BCUT2D eigenvalue weighted by Crippen LogP contribution is -2.43. The number of rotatable bonds is 8. The molecular formula is C17H27NO2. The van der Waals surface area contributed by atoms with Crippen molar-refractivity contribution < 1.29 is 9.90 Å². The Balaban J connectivity index is 2.68. The Kier molecular flexibility index (Phi) is 6.21. The minimum atomic E-state index is -0.780. The summed E-state index contributed by atoms with van der Waals surface area (Å²) < 4.78 is 0. The lowest BCUT2D eigenvalue weighted by molar-refractivity contribution is -0.138. The molecule has 0 spiro atoms. The van der Waals surface area contributed by atoms with Gasteiger partial charge in [0, 0.05) is 12.1 Å². The second-order valence-electron chi connectivity index (χ2n) is 5.50. The minimum absolute atomic E-state index is 0.215. The number of nitrogens with one attached hydrogen (secondary N) is 1. The monoisotopic (exact) mass is 277 g/mol. The molecule has 3 heteroatoms. The van der Waals surface area contributed by atoms with Crippen molar-refractivity contribution in [3.63, 3.8) is 0 Å². The average molecular weight is 277 g/mol. The van der Waals surface area contributed by atoms with E-state index in [9.17, 15) is 4.79 Å². The Bertz CT molecular complexity index is 413. The molecule has 1 atom stereocenters. The van der Waals surface area contributed by atoms with Gasteiger partial charge >= 0.3 is 5.97 Å². The zero-order valence-electron chi connectivity index (χ0n) is 13.1. The average Bonchev–Trinajstić information content (AvgIpc) is 2.49. The number of carbonyl (C=O) groups is 1. The molecule has 0 aliphatic carbocycles. The van der Waals surface area contributed by atoms with Crippen LogP contribution in [0.1, 0.15) is 64.0 Å². The lowest BCUT2D eigenvalue weighted by atomic mass is 9.89. The lowest BCUT2D eigenvalue weighted by Gasteiger charge is -2.32. The molecule has 0 amide bonds. The SMILES string of the molecule is CCC(CC)(CC)NCc1ccc(C(C)C(=O)O)cc1. The molecule has 2 N–H and O–H groups in total. The number of aliphatic carboxylic acids is 1. The molecule has 0 aromatic heterocycles. The van der Waals surface area contributed by atoms with Crippen molar-refractivity contribution in [3.8, 4) is 0 Å². The number of benzene rings is 1. The fraction of sp³-hybridized carbons (Fsp3) is 0.588. The van der Waals surface area contributed by atoms with E-state index in [1.54, 1.807) is 6.92 Å². The van der Waals surface area contributed by atoms with Crippen LogP contribution in [0.15, 0.2) is 24.3 Å².